The molecule has 2 rings (SSSR count). The number of nitrogens with two attached hydrogens (primary N) is 1. The molecule has 0 aromatic carbocycles. The van der Waals surface area contributed by atoms with Crippen LogP contribution in [0, 0.1) is 6.92 Å². The first kappa shape index (κ1) is 12.1. The Bertz CT molecular complexity index is 345. The number of nitrogens with zero attached hydrogens (tertiary/aromatic N) is 3. The van der Waals surface area contributed by atoms with Crippen LogP contribution in [0.15, 0.2) is 6.07 Å². The highest BCUT2D eigenvalue weighted by molar-refractivity contribution is 5.40. The van der Waals surface area contributed by atoms with E-state index in [0.29, 0.717) is 5.95 Å². The fraction of sp³-hybridized carbons (Fsp3) is 0.636. The first-order valence-electron chi connectivity index (χ1n) is 5.89. The van der Waals surface area contributed by atoms with E-state index < -0.39 is 0 Å². The molecule has 0 bridgehead atoms. The predicted octanol–water partition coefficient (Wildman–Crippen LogP) is 0.111. The van der Waals surface area contributed by atoms with Crippen LogP contribution in [-0.2, 0) is 4.74 Å². The molecule has 3 N–H and O–H groups in total. The van der Waals surface area contributed by atoms with Crippen molar-refractivity contribution in [2.24, 2.45) is 0 Å². The van der Waals surface area contributed by atoms with Crippen LogP contribution >= 0.6 is 0 Å². The average Bonchev–Trinajstić information content (AvgIpc) is 2.29. The van der Waals surface area contributed by atoms with Crippen molar-refractivity contribution < 1.29 is 4.74 Å². The standard InChI is InChI=1S/C11H19N5O/c1-9-8-10(15-11(12)14-9)13-2-3-16-4-6-17-7-5-16/h8H,2-7H2,1H3,(H3,12,13,14,15). The maximum Gasteiger partial charge on any atom is 0.222 e. The summed E-state index contributed by atoms with van der Waals surface area (Å²) in [6, 6.07) is 1.90. The largest absolute Gasteiger partial charge is 0.379 e. The van der Waals surface area contributed by atoms with Crippen LogP contribution in [0.25, 0.3) is 0 Å². The second-order valence-electron chi connectivity index (χ2n) is 4.13. The van der Waals surface area contributed by atoms with Gasteiger partial charge in [-0.15, -0.1) is 0 Å². The van der Waals surface area contributed by atoms with Gasteiger partial charge in [-0.25, -0.2) is 4.98 Å². The molecule has 1 aliphatic rings. The van der Waals surface area contributed by atoms with Gasteiger partial charge >= 0.3 is 0 Å². The molecule has 1 fully saturated rings. The number of nitrogen functional groups attached to an aromatic ring is 1. The Kier molecular flexibility index (Phi) is 4.11. The molecule has 0 saturated carbocycles. The van der Waals surface area contributed by atoms with Crippen molar-refractivity contribution in [3.63, 3.8) is 0 Å². The molecule has 0 radical (unpaired) electrons. The summed E-state index contributed by atoms with van der Waals surface area (Å²) in [5.41, 5.74) is 6.47. The van der Waals surface area contributed by atoms with E-state index in [-0.39, 0.29) is 0 Å². The number of hydrogen-bond acceptors (Lipinski definition) is 6. The summed E-state index contributed by atoms with van der Waals surface area (Å²) in [6.45, 7) is 7.44. The Balaban J connectivity index is 1.77. The van der Waals surface area contributed by atoms with Crippen LogP contribution in [0.5, 0.6) is 0 Å². The summed E-state index contributed by atoms with van der Waals surface area (Å²) < 4.78 is 5.30. The van der Waals surface area contributed by atoms with Gasteiger partial charge in [0.05, 0.1) is 13.2 Å². The molecule has 6 heteroatoms. The van der Waals surface area contributed by atoms with Crippen LogP contribution in [0.3, 0.4) is 0 Å². The van der Waals surface area contributed by atoms with Gasteiger partial charge in [-0.05, 0) is 6.92 Å². The van der Waals surface area contributed by atoms with Gasteiger partial charge in [0.1, 0.15) is 5.82 Å². The molecule has 0 atom stereocenters. The Morgan fingerprint density at radius 2 is 2.18 bits per heavy atom. The molecule has 0 aliphatic carbocycles. The van der Waals surface area contributed by atoms with E-state index in [4.69, 9.17) is 10.5 Å². The number of nitrogens with one attached hydrogen (secondary N) is 1. The number of anilines is 2. The normalized spacial score (nSPS) is 17.0. The van der Waals surface area contributed by atoms with Crippen LogP contribution in [0.4, 0.5) is 11.8 Å². The zero-order valence-electron chi connectivity index (χ0n) is 10.1. The molecule has 94 valence electrons. The lowest BCUT2D eigenvalue weighted by Gasteiger charge is -2.26. The Hall–Kier alpha value is -1.40. The molecule has 1 aliphatic heterocycles. The second-order valence-corrected chi connectivity index (χ2v) is 4.13. The number of ether oxygens (including phenoxy) is 1. The van der Waals surface area contributed by atoms with Gasteiger partial charge in [0, 0.05) is 37.9 Å². The highest BCUT2D eigenvalue weighted by atomic mass is 16.5. The molecule has 1 aromatic heterocycles. The third-order valence-corrected chi connectivity index (χ3v) is 2.71. The minimum absolute atomic E-state index is 0.318. The van der Waals surface area contributed by atoms with Gasteiger partial charge in [-0.2, -0.15) is 4.98 Å². The molecular weight excluding hydrogens is 218 g/mol. The molecule has 1 saturated heterocycles. The van der Waals surface area contributed by atoms with E-state index in [1.165, 1.54) is 0 Å². The van der Waals surface area contributed by atoms with E-state index >= 15 is 0 Å². The van der Waals surface area contributed by atoms with Crippen LogP contribution in [0.2, 0.25) is 0 Å². The molecule has 6 nitrogen and oxygen atoms in total. The summed E-state index contributed by atoms with van der Waals surface area (Å²) in [4.78, 5) is 10.5. The highest BCUT2D eigenvalue weighted by Crippen LogP contribution is 2.06. The number of aryl methyl sites for hydroxylation is 1. The van der Waals surface area contributed by atoms with Crippen LogP contribution in [-0.4, -0.2) is 54.3 Å². The van der Waals surface area contributed by atoms with Gasteiger partial charge in [-0.1, -0.05) is 0 Å². The van der Waals surface area contributed by atoms with Crippen molar-refractivity contribution in [3.05, 3.63) is 11.8 Å². The zero-order valence-corrected chi connectivity index (χ0v) is 10.1. The topological polar surface area (TPSA) is 76.3 Å². The molecule has 2 heterocycles. The molecule has 0 spiro atoms. The van der Waals surface area contributed by atoms with Gasteiger partial charge in [0.2, 0.25) is 5.95 Å². The van der Waals surface area contributed by atoms with E-state index in [2.05, 4.69) is 20.2 Å². The zero-order chi connectivity index (χ0) is 12.1. The molecular formula is C11H19N5O. The predicted molar refractivity (Wildman–Crippen MR) is 66.9 cm³/mol. The minimum Gasteiger partial charge on any atom is -0.379 e. The van der Waals surface area contributed by atoms with Crippen LogP contribution in [0.1, 0.15) is 5.69 Å². The van der Waals surface area contributed by atoms with Crippen molar-refractivity contribution in [2.75, 3.05) is 50.4 Å². The SMILES string of the molecule is Cc1cc(NCCN2CCOCC2)nc(N)n1. The monoisotopic (exact) mass is 237 g/mol. The van der Waals surface area contributed by atoms with E-state index in [9.17, 15) is 0 Å². The number of aromatic nitrogens is 2. The third kappa shape index (κ3) is 3.83. The summed E-state index contributed by atoms with van der Waals surface area (Å²) in [5.74, 6) is 1.11. The Labute approximate surface area is 101 Å². The van der Waals surface area contributed by atoms with E-state index in [0.717, 1.165) is 50.9 Å². The number of hydrogen-bond donors (Lipinski definition) is 2. The van der Waals surface area contributed by atoms with Crippen LogP contribution < -0.4 is 11.1 Å². The first-order valence-corrected chi connectivity index (χ1v) is 5.89. The Morgan fingerprint density at radius 3 is 2.88 bits per heavy atom. The van der Waals surface area contributed by atoms with Crippen molar-refractivity contribution in [3.8, 4) is 0 Å². The second kappa shape index (κ2) is 5.79. The van der Waals surface area contributed by atoms with Gasteiger partial charge in [0.15, 0.2) is 0 Å². The van der Waals surface area contributed by atoms with E-state index in [1.54, 1.807) is 0 Å². The minimum atomic E-state index is 0.318. The van der Waals surface area contributed by atoms with Crippen molar-refractivity contribution in [2.45, 2.75) is 6.92 Å². The quantitative estimate of drug-likeness (QED) is 0.774. The molecule has 1 aromatic rings. The summed E-state index contributed by atoms with van der Waals surface area (Å²) >= 11 is 0. The fourth-order valence-corrected chi connectivity index (χ4v) is 1.85. The van der Waals surface area contributed by atoms with Crippen molar-refractivity contribution in [1.82, 2.24) is 14.9 Å². The maximum atomic E-state index is 5.58. The summed E-state index contributed by atoms with van der Waals surface area (Å²) in [5, 5.41) is 3.26. The number of morpholine rings is 1. The lowest BCUT2D eigenvalue weighted by atomic mass is 10.4. The molecule has 17 heavy (non-hydrogen) atoms. The lowest BCUT2D eigenvalue weighted by Crippen LogP contribution is -2.39. The molecule has 0 unspecified atom stereocenters. The van der Waals surface area contributed by atoms with Crippen molar-refractivity contribution in [1.29, 1.82) is 0 Å². The lowest BCUT2D eigenvalue weighted by molar-refractivity contribution is 0.0398. The average molecular weight is 237 g/mol. The fourth-order valence-electron chi connectivity index (χ4n) is 1.85. The number of rotatable bonds is 4. The molecule has 0 amide bonds. The summed E-state index contributed by atoms with van der Waals surface area (Å²) in [7, 11) is 0. The highest BCUT2D eigenvalue weighted by Gasteiger charge is 2.09. The van der Waals surface area contributed by atoms with E-state index in [1.807, 2.05) is 13.0 Å². The third-order valence-electron chi connectivity index (χ3n) is 2.71. The van der Waals surface area contributed by atoms with Gasteiger partial charge in [-0.3, -0.25) is 4.90 Å². The van der Waals surface area contributed by atoms with Gasteiger partial charge < -0.3 is 15.8 Å². The first-order chi connectivity index (χ1) is 8.24. The Morgan fingerprint density at radius 1 is 1.41 bits per heavy atom. The van der Waals surface area contributed by atoms with Crippen molar-refractivity contribution >= 4 is 11.8 Å². The summed E-state index contributed by atoms with van der Waals surface area (Å²) in [6.07, 6.45) is 0. The maximum absolute atomic E-state index is 5.58. The van der Waals surface area contributed by atoms with Gasteiger partial charge in [0.25, 0.3) is 0 Å². The smallest absolute Gasteiger partial charge is 0.222 e.